The third-order valence-electron chi connectivity index (χ3n) is 6.34. The summed E-state index contributed by atoms with van der Waals surface area (Å²) in [6.07, 6.45) is 4.41. The molecule has 0 bridgehead atoms. The van der Waals surface area contributed by atoms with Crippen LogP contribution in [-0.2, 0) is 13.3 Å². The van der Waals surface area contributed by atoms with Crippen LogP contribution in [0.2, 0.25) is 0 Å². The van der Waals surface area contributed by atoms with Gasteiger partial charge in [0.2, 0.25) is 0 Å². The Labute approximate surface area is 241 Å². The van der Waals surface area contributed by atoms with Crippen LogP contribution in [0.4, 0.5) is 5.82 Å². The number of benzene rings is 4. The van der Waals surface area contributed by atoms with Gasteiger partial charge >= 0.3 is 141 Å². The number of nitrogens with zero attached hydrogens (tertiary/aromatic N) is 4. The minimum atomic E-state index is -1.56. The van der Waals surface area contributed by atoms with Crippen LogP contribution in [-0.4, -0.2) is 45.9 Å². The molecule has 0 atom stereocenters. The van der Waals surface area contributed by atoms with E-state index >= 15 is 0 Å². The van der Waals surface area contributed by atoms with E-state index in [4.69, 9.17) is 0 Å². The minimum absolute atomic E-state index is 0.0730. The van der Waals surface area contributed by atoms with Crippen molar-refractivity contribution >= 4 is 43.0 Å². The van der Waals surface area contributed by atoms with Crippen molar-refractivity contribution in [3.63, 3.8) is 0 Å². The van der Waals surface area contributed by atoms with Crippen LogP contribution in [0.5, 0.6) is 5.75 Å². The first-order chi connectivity index (χ1) is 19.7. The second-order valence-corrected chi connectivity index (χ2v) is 16.6. The maximum atomic E-state index is 11.5. The van der Waals surface area contributed by atoms with E-state index in [9.17, 15) is 5.11 Å². The van der Waals surface area contributed by atoms with Gasteiger partial charge in [0.05, 0.1) is 6.33 Å². The number of H-pyrrole nitrogens is 1. The van der Waals surface area contributed by atoms with Crippen molar-refractivity contribution in [1.82, 2.24) is 19.9 Å². The molecule has 2 heterocycles. The van der Waals surface area contributed by atoms with Gasteiger partial charge in [-0.25, -0.2) is 19.9 Å². The first-order valence-corrected chi connectivity index (χ1v) is 19.2. The van der Waals surface area contributed by atoms with Crippen molar-refractivity contribution in [2.75, 3.05) is 0 Å². The summed E-state index contributed by atoms with van der Waals surface area (Å²) in [5.74, 6) is 0.386. The monoisotopic (exact) mass is 631 g/mol. The second kappa shape index (κ2) is 14.2. The summed E-state index contributed by atoms with van der Waals surface area (Å²) in [7, 11) is 0. The molecule has 4 aromatic carbocycles. The number of nitrogens with one attached hydrogen (secondary N) is 1. The van der Waals surface area contributed by atoms with E-state index in [1.807, 2.05) is 0 Å². The predicted molar refractivity (Wildman–Crippen MR) is 161 cm³/mol. The Morgan fingerprint density at radius 3 is 1.73 bits per heavy atom. The molecule has 0 aliphatic rings. The summed E-state index contributed by atoms with van der Waals surface area (Å²) in [6, 6.07) is 39.7. The Balaban J connectivity index is 0.000000164. The van der Waals surface area contributed by atoms with Gasteiger partial charge in [-0.1, -0.05) is 24.3 Å². The number of aromatic nitrogens is 4. The van der Waals surface area contributed by atoms with Crippen molar-refractivity contribution < 1.29 is 5.11 Å². The molecule has 0 radical (unpaired) electrons. The molecular formula is C33H29N5OSn. The third kappa shape index (κ3) is 7.86. The summed E-state index contributed by atoms with van der Waals surface area (Å²) in [5.41, 5.74) is 6.27. The molecule has 0 aliphatic carbocycles. The molecule has 0 saturated heterocycles. The quantitative estimate of drug-likeness (QED) is 0.165. The van der Waals surface area contributed by atoms with Crippen molar-refractivity contribution in [3.8, 4) is 5.75 Å². The summed E-state index contributed by atoms with van der Waals surface area (Å²) >= 11 is -1.56. The van der Waals surface area contributed by atoms with E-state index in [2.05, 4.69) is 116 Å². The molecule has 0 fully saturated rings. The van der Waals surface area contributed by atoms with Crippen LogP contribution in [0.1, 0.15) is 22.3 Å². The number of hydrogen-bond donors (Lipinski definition) is 1. The first-order valence-electron chi connectivity index (χ1n) is 13.1. The zero-order chi connectivity index (χ0) is 27.4. The number of hydrogen-bond acceptors (Lipinski definition) is 5. The van der Waals surface area contributed by atoms with Crippen LogP contribution in [0.15, 0.2) is 133 Å². The van der Waals surface area contributed by atoms with Crippen LogP contribution in [0, 0.1) is 0 Å². The molecule has 0 saturated carbocycles. The predicted octanol–water partition coefficient (Wildman–Crippen LogP) is 6.00. The molecule has 196 valence electrons. The maximum absolute atomic E-state index is 11.5. The molecule has 2 aromatic heterocycles. The molecule has 0 amide bonds. The van der Waals surface area contributed by atoms with E-state index in [1.165, 1.54) is 54.9 Å². The van der Waals surface area contributed by atoms with Gasteiger partial charge in [-0.2, -0.15) is 0 Å². The molecule has 0 aliphatic heterocycles. The Hall–Kier alpha value is -4.30. The topological polar surface area (TPSA) is 89.9 Å². The van der Waals surface area contributed by atoms with Gasteiger partial charge in [0.1, 0.15) is 11.8 Å². The molecule has 40 heavy (non-hydrogen) atoms. The van der Waals surface area contributed by atoms with E-state index in [1.54, 1.807) is 18.2 Å². The van der Waals surface area contributed by atoms with E-state index in [-0.39, 0.29) is 5.75 Å². The van der Waals surface area contributed by atoms with Gasteiger partial charge in [-0.05, 0) is 5.56 Å². The standard InChI is InChI=1S/C12H9N5O.3C7H7.Sn/c18-9-4-2-1-3-8(9)5-13-11-10-12(15-6-14-10)17-7-16-11;3*1-7-5-3-2-4-6-7;/h1-7,18H,(H,14,15,16,17);3*2-6H,1H2;/q;;;;+1/p-1. The average molecular weight is 630 g/mol. The van der Waals surface area contributed by atoms with Gasteiger partial charge in [0, 0.05) is 6.21 Å². The van der Waals surface area contributed by atoms with Crippen molar-refractivity contribution in [1.29, 1.82) is 0 Å². The Kier molecular flexibility index (Phi) is 9.67. The second-order valence-electron chi connectivity index (χ2n) is 9.33. The summed E-state index contributed by atoms with van der Waals surface area (Å²) in [6.45, 7) is 0. The van der Waals surface area contributed by atoms with E-state index < -0.39 is 19.8 Å². The molecule has 6 rings (SSSR count). The SMILES string of the molecule is [O-]c1ccccc1C=Nc1ncnc2nc[nH]c12.c1ccc([CH2][Sn+]([CH2]c2ccccc2)[CH2]c2ccccc2)cc1. The Bertz CT molecular complexity index is 1540. The number of fused-ring (bicyclic) bond motifs is 1. The van der Waals surface area contributed by atoms with Gasteiger partial charge in [-0.15, -0.1) is 5.75 Å². The first kappa shape index (κ1) is 27.3. The fraction of sp³-hybridized carbons (Fsp3) is 0.0909. The number of aromatic amines is 1. The van der Waals surface area contributed by atoms with Crippen molar-refractivity contribution in [3.05, 3.63) is 150 Å². The Morgan fingerprint density at radius 1 is 0.650 bits per heavy atom. The van der Waals surface area contributed by atoms with Crippen LogP contribution >= 0.6 is 0 Å². The summed E-state index contributed by atoms with van der Waals surface area (Å²) in [4.78, 5) is 19.1. The van der Waals surface area contributed by atoms with Crippen LogP contribution < -0.4 is 5.11 Å². The van der Waals surface area contributed by atoms with Gasteiger partial charge in [0.15, 0.2) is 11.5 Å². The normalized spacial score (nSPS) is 10.8. The number of imidazole rings is 1. The van der Waals surface area contributed by atoms with Crippen molar-refractivity contribution in [2.45, 2.75) is 13.3 Å². The van der Waals surface area contributed by atoms with Gasteiger partial charge < -0.3 is 10.1 Å². The van der Waals surface area contributed by atoms with Gasteiger partial charge in [-0.3, -0.25) is 0 Å². The average Bonchev–Trinajstić information content (AvgIpc) is 3.49. The van der Waals surface area contributed by atoms with Crippen molar-refractivity contribution in [2.24, 2.45) is 4.99 Å². The summed E-state index contributed by atoms with van der Waals surface area (Å²) < 4.78 is 3.98. The molecule has 6 nitrogen and oxygen atoms in total. The molecule has 0 unspecified atom stereocenters. The van der Waals surface area contributed by atoms with E-state index in [0.717, 1.165) is 0 Å². The zero-order valence-electron chi connectivity index (χ0n) is 22.0. The molecule has 0 spiro atoms. The fourth-order valence-electron chi connectivity index (χ4n) is 4.41. The number of rotatable bonds is 8. The summed E-state index contributed by atoms with van der Waals surface area (Å²) in [5, 5.41) is 11.5. The molecule has 1 N–H and O–H groups in total. The fourth-order valence-corrected chi connectivity index (χ4v) is 12.4. The van der Waals surface area contributed by atoms with Crippen LogP contribution in [0.25, 0.3) is 11.2 Å². The van der Waals surface area contributed by atoms with E-state index in [0.29, 0.717) is 22.5 Å². The van der Waals surface area contributed by atoms with Gasteiger partial charge in [0.25, 0.3) is 0 Å². The Morgan fingerprint density at radius 2 is 1.18 bits per heavy atom. The van der Waals surface area contributed by atoms with Crippen LogP contribution in [0.3, 0.4) is 0 Å². The zero-order valence-corrected chi connectivity index (χ0v) is 24.9. The third-order valence-corrected chi connectivity index (χ3v) is 14.1. The number of para-hydroxylation sites is 1. The molecule has 7 heteroatoms. The molecular weight excluding hydrogens is 601 g/mol. The molecule has 6 aromatic rings. The number of aliphatic imine (C=N–C) groups is 1.